The molecule has 0 amide bonds. The fourth-order valence-corrected chi connectivity index (χ4v) is 5.38. The predicted octanol–water partition coefficient (Wildman–Crippen LogP) is 10.9. The van der Waals surface area contributed by atoms with Crippen LogP contribution in [0.5, 0.6) is 0 Å². The molecule has 0 bridgehead atoms. The highest BCUT2D eigenvalue weighted by molar-refractivity contribution is 5.83. The second-order valence-corrected chi connectivity index (χ2v) is 10.0. The average molecular weight is 517 g/mol. The molecule has 6 aromatic rings. The van der Waals surface area contributed by atoms with Crippen LogP contribution < -0.4 is 9.80 Å². The quantitative estimate of drug-likeness (QED) is 0.208. The van der Waals surface area contributed by atoms with E-state index >= 15 is 0 Å². The van der Waals surface area contributed by atoms with Gasteiger partial charge < -0.3 is 9.80 Å². The van der Waals surface area contributed by atoms with E-state index in [1.54, 1.807) is 0 Å². The summed E-state index contributed by atoms with van der Waals surface area (Å²) in [5, 5.41) is 0. The molecule has 0 saturated carbocycles. The number of para-hydroxylation sites is 4. The van der Waals surface area contributed by atoms with E-state index in [4.69, 9.17) is 0 Å². The molecule has 0 atom stereocenters. The van der Waals surface area contributed by atoms with E-state index in [2.05, 4.69) is 181 Å². The maximum atomic E-state index is 2.31. The van der Waals surface area contributed by atoms with E-state index in [0.29, 0.717) is 0 Å². The van der Waals surface area contributed by atoms with Gasteiger partial charge >= 0.3 is 0 Å². The first kappa shape index (κ1) is 25.2. The van der Waals surface area contributed by atoms with Gasteiger partial charge in [0, 0.05) is 34.1 Å². The summed E-state index contributed by atoms with van der Waals surface area (Å²) in [5.74, 6) is 0. The molecule has 194 valence electrons. The number of hydrogen-bond acceptors (Lipinski definition) is 2. The summed E-state index contributed by atoms with van der Waals surface area (Å²) >= 11 is 0. The molecule has 0 aromatic heterocycles. The van der Waals surface area contributed by atoms with Crippen molar-refractivity contribution in [2.75, 3.05) is 9.80 Å². The molecule has 40 heavy (non-hydrogen) atoms. The second kappa shape index (κ2) is 11.3. The van der Waals surface area contributed by atoms with Crippen molar-refractivity contribution in [2.24, 2.45) is 0 Å². The average Bonchev–Trinajstić information content (AvgIpc) is 3.00. The van der Waals surface area contributed by atoms with Gasteiger partial charge in [-0.25, -0.2) is 0 Å². The highest BCUT2D eigenvalue weighted by Gasteiger charge is 2.16. The van der Waals surface area contributed by atoms with Crippen molar-refractivity contribution < 1.29 is 0 Å². The second-order valence-electron chi connectivity index (χ2n) is 10.0. The van der Waals surface area contributed by atoms with Crippen LogP contribution in [0.1, 0.15) is 11.1 Å². The van der Waals surface area contributed by atoms with Crippen LogP contribution in [0.15, 0.2) is 158 Å². The molecule has 0 radical (unpaired) electrons. The zero-order chi connectivity index (χ0) is 27.3. The van der Waals surface area contributed by atoms with Crippen molar-refractivity contribution in [1.82, 2.24) is 0 Å². The van der Waals surface area contributed by atoms with Crippen LogP contribution in [-0.2, 0) is 0 Å². The molecule has 0 unspecified atom stereocenters. The van der Waals surface area contributed by atoms with Gasteiger partial charge in [-0.3, -0.25) is 0 Å². The molecule has 0 aliphatic heterocycles. The summed E-state index contributed by atoms with van der Waals surface area (Å²) in [7, 11) is 0. The maximum absolute atomic E-state index is 2.31. The van der Waals surface area contributed by atoms with Crippen molar-refractivity contribution in [3.63, 3.8) is 0 Å². The Balaban J connectivity index is 1.38. The van der Waals surface area contributed by atoms with Crippen molar-refractivity contribution in [3.05, 3.63) is 169 Å². The van der Waals surface area contributed by atoms with Crippen LogP contribution in [0.3, 0.4) is 0 Å². The van der Waals surface area contributed by atoms with Gasteiger partial charge in [-0.2, -0.15) is 0 Å². The fourth-order valence-electron chi connectivity index (χ4n) is 5.38. The van der Waals surface area contributed by atoms with Gasteiger partial charge in [-0.05, 0) is 109 Å². The van der Waals surface area contributed by atoms with Gasteiger partial charge in [0.05, 0.1) is 0 Å². The smallest absolute Gasteiger partial charge is 0.0464 e. The van der Waals surface area contributed by atoms with Crippen LogP contribution in [0.4, 0.5) is 34.1 Å². The highest BCUT2D eigenvalue weighted by Crippen LogP contribution is 2.40. The Morgan fingerprint density at radius 3 is 0.825 bits per heavy atom. The van der Waals surface area contributed by atoms with Gasteiger partial charge in [0.2, 0.25) is 0 Å². The Morgan fingerprint density at radius 1 is 0.300 bits per heavy atom. The molecule has 6 aromatic carbocycles. The molecule has 0 heterocycles. The van der Waals surface area contributed by atoms with Crippen molar-refractivity contribution in [2.45, 2.75) is 13.8 Å². The monoisotopic (exact) mass is 516 g/mol. The third-order valence-electron chi connectivity index (χ3n) is 7.28. The maximum Gasteiger partial charge on any atom is 0.0464 e. The van der Waals surface area contributed by atoms with Crippen LogP contribution >= 0.6 is 0 Å². The first-order valence-corrected chi connectivity index (χ1v) is 13.7. The van der Waals surface area contributed by atoms with Crippen molar-refractivity contribution in [1.29, 1.82) is 0 Å². The molecule has 0 aliphatic rings. The minimum absolute atomic E-state index is 1.14. The topological polar surface area (TPSA) is 6.48 Å². The SMILES string of the molecule is Cc1cc(N(c2ccccc2)c2ccccc2)ccc1-c1ccc(N(c2ccccc2)c2ccccc2)cc1C. The number of nitrogens with zero attached hydrogens (tertiary/aromatic N) is 2. The highest BCUT2D eigenvalue weighted by atomic mass is 15.1. The molecule has 0 fully saturated rings. The lowest BCUT2D eigenvalue weighted by Crippen LogP contribution is -2.10. The van der Waals surface area contributed by atoms with Gasteiger partial charge in [0.15, 0.2) is 0 Å². The van der Waals surface area contributed by atoms with Gasteiger partial charge in [-0.15, -0.1) is 0 Å². The molecule has 0 aliphatic carbocycles. The Kier molecular flexibility index (Phi) is 7.15. The fraction of sp³-hybridized carbons (Fsp3) is 0.0526. The zero-order valence-corrected chi connectivity index (χ0v) is 22.9. The van der Waals surface area contributed by atoms with Gasteiger partial charge in [0.25, 0.3) is 0 Å². The molecular weight excluding hydrogens is 484 g/mol. The lowest BCUT2D eigenvalue weighted by Gasteiger charge is -2.27. The first-order chi connectivity index (χ1) is 19.7. The minimum atomic E-state index is 1.14. The Bertz CT molecular complexity index is 1490. The minimum Gasteiger partial charge on any atom is -0.310 e. The van der Waals surface area contributed by atoms with E-state index in [0.717, 1.165) is 34.1 Å². The van der Waals surface area contributed by atoms with E-state index in [9.17, 15) is 0 Å². The largest absolute Gasteiger partial charge is 0.310 e. The van der Waals surface area contributed by atoms with Crippen LogP contribution in [-0.4, -0.2) is 0 Å². The summed E-state index contributed by atoms with van der Waals surface area (Å²) in [5.41, 5.74) is 11.8. The third-order valence-corrected chi connectivity index (χ3v) is 7.28. The number of benzene rings is 6. The molecule has 2 nitrogen and oxygen atoms in total. The first-order valence-electron chi connectivity index (χ1n) is 13.7. The van der Waals surface area contributed by atoms with Crippen molar-refractivity contribution >= 4 is 34.1 Å². The Labute approximate surface area is 237 Å². The van der Waals surface area contributed by atoms with E-state index < -0.39 is 0 Å². The van der Waals surface area contributed by atoms with Crippen LogP contribution in [0.2, 0.25) is 0 Å². The van der Waals surface area contributed by atoms with E-state index in [1.807, 2.05) is 0 Å². The normalized spacial score (nSPS) is 10.8. The molecular formula is C38H32N2. The molecule has 6 rings (SSSR count). The molecule has 0 N–H and O–H groups in total. The zero-order valence-electron chi connectivity index (χ0n) is 22.9. The van der Waals surface area contributed by atoms with Gasteiger partial charge in [-0.1, -0.05) is 84.9 Å². The molecule has 0 spiro atoms. The Morgan fingerprint density at radius 2 is 0.575 bits per heavy atom. The lowest BCUT2D eigenvalue weighted by atomic mass is 9.95. The van der Waals surface area contributed by atoms with E-state index in [1.165, 1.54) is 22.3 Å². The number of rotatable bonds is 7. The van der Waals surface area contributed by atoms with Gasteiger partial charge in [0.1, 0.15) is 0 Å². The molecule has 0 saturated heterocycles. The number of hydrogen-bond donors (Lipinski definition) is 0. The van der Waals surface area contributed by atoms with Crippen LogP contribution in [0, 0.1) is 13.8 Å². The third kappa shape index (κ3) is 5.12. The lowest BCUT2D eigenvalue weighted by molar-refractivity contribution is 1.26. The summed E-state index contributed by atoms with van der Waals surface area (Å²) in [6.07, 6.45) is 0. The summed E-state index contributed by atoms with van der Waals surface area (Å²) < 4.78 is 0. The number of anilines is 6. The summed E-state index contributed by atoms with van der Waals surface area (Å²) in [6.45, 7) is 4.42. The summed E-state index contributed by atoms with van der Waals surface area (Å²) in [4.78, 5) is 4.62. The van der Waals surface area contributed by atoms with E-state index in [-0.39, 0.29) is 0 Å². The summed E-state index contributed by atoms with van der Waals surface area (Å²) in [6, 6.07) is 55.8. The van der Waals surface area contributed by atoms with Crippen molar-refractivity contribution in [3.8, 4) is 11.1 Å². The Hall–Kier alpha value is -5.08. The van der Waals surface area contributed by atoms with Crippen LogP contribution in [0.25, 0.3) is 11.1 Å². The number of aryl methyl sites for hydroxylation is 2. The predicted molar refractivity (Wildman–Crippen MR) is 171 cm³/mol. The molecule has 2 heteroatoms. The standard InChI is InChI=1S/C38H32N2/c1-29-27-35(39(31-15-7-3-8-16-31)32-17-9-4-10-18-32)23-25-37(29)38-26-24-36(28-30(38)2)40(33-19-11-5-12-20-33)34-21-13-6-14-22-34/h3-28H,1-2H3.